The second-order valence-corrected chi connectivity index (χ2v) is 8.83. The molecule has 0 N–H and O–H groups in total. The Morgan fingerprint density at radius 2 is 1.60 bits per heavy atom. The molecule has 4 aromatic carbocycles. The second-order valence-electron chi connectivity index (χ2n) is 8.43. The Kier molecular flexibility index (Phi) is 6.73. The summed E-state index contributed by atoms with van der Waals surface area (Å²) in [6.07, 6.45) is 0.929. The van der Waals surface area contributed by atoms with Gasteiger partial charge in [-0.3, -0.25) is 0 Å². The molecule has 4 nitrogen and oxygen atoms in total. The molecule has 0 aliphatic carbocycles. The lowest BCUT2D eigenvalue weighted by atomic mass is 9.97. The van der Waals surface area contributed by atoms with Gasteiger partial charge < -0.3 is 14.4 Å². The third-order valence-electron chi connectivity index (χ3n) is 6.20. The Labute approximate surface area is 210 Å². The Morgan fingerprint density at radius 1 is 0.914 bits per heavy atom. The Hall–Kier alpha value is -3.76. The van der Waals surface area contributed by atoms with Gasteiger partial charge in [0.1, 0.15) is 11.5 Å². The zero-order chi connectivity index (χ0) is 24.2. The normalized spacial score (nSPS) is 12.5. The number of hydrogen-bond acceptors (Lipinski definition) is 4. The van der Waals surface area contributed by atoms with Crippen molar-refractivity contribution >= 4 is 23.3 Å². The average molecular weight is 484 g/mol. The highest BCUT2D eigenvalue weighted by atomic mass is 35.5. The van der Waals surface area contributed by atoms with Gasteiger partial charge in [0.2, 0.25) is 0 Å². The Balaban J connectivity index is 1.41. The topological polar surface area (TPSA) is 38.8 Å². The maximum absolute atomic E-state index is 12.0. The molecule has 0 fully saturated rings. The van der Waals surface area contributed by atoms with E-state index < -0.39 is 5.97 Å². The van der Waals surface area contributed by atoms with E-state index in [9.17, 15) is 4.79 Å². The van der Waals surface area contributed by atoms with Crippen molar-refractivity contribution in [1.29, 1.82) is 0 Å². The van der Waals surface area contributed by atoms with Gasteiger partial charge in [-0.15, -0.1) is 0 Å². The van der Waals surface area contributed by atoms with Crippen molar-refractivity contribution in [3.63, 3.8) is 0 Å². The number of carbonyl (C=O) groups excluding carboxylic acids is 1. The van der Waals surface area contributed by atoms with Gasteiger partial charge in [-0.2, -0.15) is 0 Å². The van der Waals surface area contributed by atoms with Crippen LogP contribution in [0.1, 0.15) is 40.0 Å². The molecule has 0 spiro atoms. The highest BCUT2D eigenvalue weighted by Crippen LogP contribution is 2.41. The van der Waals surface area contributed by atoms with Crippen LogP contribution in [-0.2, 0) is 11.2 Å². The molecule has 5 rings (SSSR count). The summed E-state index contributed by atoms with van der Waals surface area (Å²) in [5, 5.41) is 0.367. The summed E-state index contributed by atoms with van der Waals surface area (Å²) in [5.41, 5.74) is 5.37. The molecule has 1 aliphatic heterocycles. The Morgan fingerprint density at radius 3 is 2.23 bits per heavy atom. The number of carbonyl (C=O) groups is 1. The number of nitrogens with zero attached hydrogens (tertiary/aromatic N) is 1. The SMILES string of the molecule is CCOC(=O)c1ccc(Oc2ccc3c(c2)CCN3C(c2ccccc2)c2ccccc2)c(Cl)c1. The highest BCUT2D eigenvalue weighted by molar-refractivity contribution is 6.32. The molecule has 0 amide bonds. The van der Waals surface area contributed by atoms with E-state index in [0.717, 1.165) is 13.0 Å². The fourth-order valence-electron chi connectivity index (χ4n) is 4.61. The maximum atomic E-state index is 12.0. The van der Waals surface area contributed by atoms with Gasteiger partial charge in [0.05, 0.1) is 23.2 Å². The molecule has 4 aromatic rings. The molecule has 0 bridgehead atoms. The molecule has 0 aromatic heterocycles. The van der Waals surface area contributed by atoms with Gasteiger partial charge >= 0.3 is 5.97 Å². The minimum Gasteiger partial charge on any atom is -0.462 e. The lowest BCUT2D eigenvalue weighted by Gasteiger charge is -2.31. The third kappa shape index (κ3) is 4.89. The van der Waals surface area contributed by atoms with Crippen LogP contribution in [0.25, 0.3) is 0 Å². The quantitative estimate of drug-likeness (QED) is 0.256. The van der Waals surface area contributed by atoms with Crippen molar-refractivity contribution in [2.75, 3.05) is 18.1 Å². The molecule has 176 valence electrons. The van der Waals surface area contributed by atoms with Crippen molar-refractivity contribution in [3.05, 3.63) is 124 Å². The number of benzene rings is 4. The van der Waals surface area contributed by atoms with Gasteiger partial charge in [0.15, 0.2) is 0 Å². The fraction of sp³-hybridized carbons (Fsp3) is 0.167. The molecule has 5 heteroatoms. The number of rotatable bonds is 7. The molecule has 0 unspecified atom stereocenters. The molecule has 0 radical (unpaired) electrons. The predicted molar refractivity (Wildman–Crippen MR) is 140 cm³/mol. The standard InChI is InChI=1S/C30H26ClNO3/c1-2-34-30(33)24-13-16-28(26(31)20-24)35-25-14-15-27-23(19-25)17-18-32(27)29(21-9-5-3-6-10-21)22-11-7-4-8-12-22/h3-16,19-20,29H,2,17-18H2,1H3. The first-order chi connectivity index (χ1) is 17.1. The monoisotopic (exact) mass is 483 g/mol. The molecule has 0 atom stereocenters. The van der Waals surface area contributed by atoms with Crippen molar-refractivity contribution in [2.45, 2.75) is 19.4 Å². The molecule has 1 aliphatic rings. The number of halogens is 1. The van der Waals surface area contributed by atoms with E-state index in [0.29, 0.717) is 28.7 Å². The number of ether oxygens (including phenoxy) is 2. The first kappa shape index (κ1) is 23.0. The van der Waals surface area contributed by atoms with Gasteiger partial charge in [-0.05, 0) is 66.4 Å². The van der Waals surface area contributed by atoms with Gasteiger partial charge in [0, 0.05) is 12.2 Å². The van der Waals surface area contributed by atoms with E-state index in [2.05, 4.69) is 77.7 Å². The number of anilines is 1. The summed E-state index contributed by atoms with van der Waals surface area (Å²) in [7, 11) is 0. The maximum Gasteiger partial charge on any atom is 0.338 e. The molecular formula is C30H26ClNO3. The molecule has 0 saturated carbocycles. The van der Waals surface area contributed by atoms with E-state index in [1.807, 2.05) is 6.07 Å². The van der Waals surface area contributed by atoms with Crippen LogP contribution in [-0.4, -0.2) is 19.1 Å². The molecular weight excluding hydrogens is 458 g/mol. The number of fused-ring (bicyclic) bond motifs is 1. The van der Waals surface area contributed by atoms with Crippen molar-refractivity contribution < 1.29 is 14.3 Å². The predicted octanol–water partition coefficient (Wildman–Crippen LogP) is 7.46. The van der Waals surface area contributed by atoms with E-state index >= 15 is 0 Å². The fourth-order valence-corrected chi connectivity index (χ4v) is 4.83. The first-order valence-electron chi connectivity index (χ1n) is 11.8. The van der Waals surface area contributed by atoms with E-state index in [4.69, 9.17) is 21.1 Å². The number of esters is 1. The van der Waals surface area contributed by atoms with E-state index in [-0.39, 0.29) is 6.04 Å². The van der Waals surface area contributed by atoms with Crippen LogP contribution in [0.2, 0.25) is 5.02 Å². The zero-order valence-electron chi connectivity index (χ0n) is 19.5. The molecule has 35 heavy (non-hydrogen) atoms. The second kappa shape index (κ2) is 10.2. The van der Waals surface area contributed by atoms with Crippen LogP contribution in [0.15, 0.2) is 97.1 Å². The smallest absolute Gasteiger partial charge is 0.338 e. The summed E-state index contributed by atoms with van der Waals surface area (Å²) in [6, 6.07) is 32.5. The van der Waals surface area contributed by atoms with Crippen LogP contribution >= 0.6 is 11.6 Å². The van der Waals surface area contributed by atoms with Gasteiger partial charge in [-0.1, -0.05) is 72.3 Å². The van der Waals surface area contributed by atoms with Crippen LogP contribution in [0.3, 0.4) is 0 Å². The van der Waals surface area contributed by atoms with Crippen LogP contribution in [0.5, 0.6) is 11.5 Å². The molecule has 1 heterocycles. The summed E-state index contributed by atoms with van der Waals surface area (Å²) in [4.78, 5) is 14.4. The van der Waals surface area contributed by atoms with Crippen molar-refractivity contribution in [2.24, 2.45) is 0 Å². The summed E-state index contributed by atoms with van der Waals surface area (Å²) < 4.78 is 11.1. The largest absolute Gasteiger partial charge is 0.462 e. The van der Waals surface area contributed by atoms with Crippen molar-refractivity contribution in [3.8, 4) is 11.5 Å². The first-order valence-corrected chi connectivity index (χ1v) is 12.2. The minimum absolute atomic E-state index is 0.135. The minimum atomic E-state index is -0.398. The average Bonchev–Trinajstić information content (AvgIpc) is 3.30. The summed E-state index contributed by atoms with van der Waals surface area (Å²) in [6.45, 7) is 3.01. The summed E-state index contributed by atoms with van der Waals surface area (Å²) >= 11 is 6.40. The van der Waals surface area contributed by atoms with Gasteiger partial charge in [0.25, 0.3) is 0 Å². The summed E-state index contributed by atoms with van der Waals surface area (Å²) in [5.74, 6) is 0.818. The molecule has 0 saturated heterocycles. The van der Waals surface area contributed by atoms with Crippen molar-refractivity contribution in [1.82, 2.24) is 0 Å². The van der Waals surface area contributed by atoms with E-state index in [1.54, 1.807) is 25.1 Å². The van der Waals surface area contributed by atoms with Crippen LogP contribution in [0, 0.1) is 0 Å². The lowest BCUT2D eigenvalue weighted by Crippen LogP contribution is -2.27. The third-order valence-corrected chi connectivity index (χ3v) is 6.49. The van der Waals surface area contributed by atoms with E-state index in [1.165, 1.54) is 22.4 Å². The lowest BCUT2D eigenvalue weighted by molar-refractivity contribution is 0.0526. The Bertz CT molecular complexity index is 1280. The van der Waals surface area contributed by atoms with Crippen LogP contribution in [0.4, 0.5) is 5.69 Å². The highest BCUT2D eigenvalue weighted by Gasteiger charge is 2.28. The number of hydrogen-bond donors (Lipinski definition) is 0. The van der Waals surface area contributed by atoms with Gasteiger partial charge in [-0.25, -0.2) is 4.79 Å². The van der Waals surface area contributed by atoms with Crippen LogP contribution < -0.4 is 9.64 Å². The zero-order valence-corrected chi connectivity index (χ0v) is 20.2.